The van der Waals surface area contributed by atoms with E-state index in [1.165, 1.54) is 17.5 Å². The van der Waals surface area contributed by atoms with Crippen LogP contribution in [-0.4, -0.2) is 47.9 Å². The summed E-state index contributed by atoms with van der Waals surface area (Å²) in [6, 6.07) is 4.64. The second kappa shape index (κ2) is 5.26. The van der Waals surface area contributed by atoms with Gasteiger partial charge < -0.3 is 9.80 Å². The van der Waals surface area contributed by atoms with E-state index >= 15 is 0 Å². The first kappa shape index (κ1) is 13.7. The summed E-state index contributed by atoms with van der Waals surface area (Å²) in [5.41, 5.74) is 2.21. The van der Waals surface area contributed by atoms with E-state index in [4.69, 9.17) is 11.6 Å². The standard InChI is InChI=1S/C15H21ClN4/c1-4-20-10-13-14(17-20)7-11(16)8-15(13)19-6-5-12(9-19)18(2)3/h7-8,10,12H,4-6,9H2,1-3H3/t12-/m1/s1. The monoisotopic (exact) mass is 292 g/mol. The third-order valence-corrected chi connectivity index (χ3v) is 4.39. The van der Waals surface area contributed by atoms with Gasteiger partial charge in [-0.15, -0.1) is 0 Å². The van der Waals surface area contributed by atoms with E-state index in [0.717, 1.165) is 30.2 Å². The molecule has 1 saturated heterocycles. The molecule has 1 atom stereocenters. The van der Waals surface area contributed by atoms with E-state index in [1.54, 1.807) is 0 Å². The minimum absolute atomic E-state index is 0.616. The third kappa shape index (κ3) is 2.38. The molecule has 0 radical (unpaired) electrons. The fourth-order valence-electron chi connectivity index (χ4n) is 2.93. The summed E-state index contributed by atoms with van der Waals surface area (Å²) >= 11 is 6.27. The van der Waals surface area contributed by atoms with Gasteiger partial charge in [0.15, 0.2) is 0 Å². The summed E-state index contributed by atoms with van der Waals surface area (Å²) in [5.74, 6) is 0. The van der Waals surface area contributed by atoms with Gasteiger partial charge in [-0.3, -0.25) is 4.68 Å². The SMILES string of the molecule is CCn1cc2c(N3CC[C@@H](N(C)C)C3)cc(Cl)cc2n1. The molecule has 0 saturated carbocycles. The van der Waals surface area contributed by atoms with Crippen LogP contribution in [0, 0.1) is 0 Å². The van der Waals surface area contributed by atoms with Crippen LogP contribution in [-0.2, 0) is 6.54 Å². The molecular weight excluding hydrogens is 272 g/mol. The molecule has 0 spiro atoms. The van der Waals surface area contributed by atoms with Crippen LogP contribution in [0.25, 0.3) is 10.9 Å². The van der Waals surface area contributed by atoms with Gasteiger partial charge in [0.25, 0.3) is 0 Å². The van der Waals surface area contributed by atoms with Crippen molar-refractivity contribution in [2.75, 3.05) is 32.1 Å². The summed E-state index contributed by atoms with van der Waals surface area (Å²) in [6.07, 6.45) is 3.33. The predicted octanol–water partition coefficient (Wildman–Crippen LogP) is 2.85. The Morgan fingerprint density at radius 1 is 1.40 bits per heavy atom. The smallest absolute Gasteiger partial charge is 0.0959 e. The van der Waals surface area contributed by atoms with Crippen molar-refractivity contribution in [3.63, 3.8) is 0 Å². The van der Waals surface area contributed by atoms with Crippen molar-refractivity contribution in [3.8, 4) is 0 Å². The Balaban J connectivity index is 2.00. The average molecular weight is 293 g/mol. The zero-order chi connectivity index (χ0) is 14.3. The Morgan fingerprint density at radius 2 is 2.20 bits per heavy atom. The normalized spacial score (nSPS) is 19.4. The largest absolute Gasteiger partial charge is 0.369 e. The first-order valence-corrected chi connectivity index (χ1v) is 7.54. The number of halogens is 1. The van der Waals surface area contributed by atoms with Crippen molar-refractivity contribution in [3.05, 3.63) is 23.4 Å². The van der Waals surface area contributed by atoms with Gasteiger partial charge in [0, 0.05) is 48.0 Å². The molecule has 4 nitrogen and oxygen atoms in total. The van der Waals surface area contributed by atoms with Gasteiger partial charge >= 0.3 is 0 Å². The van der Waals surface area contributed by atoms with Crippen LogP contribution in [0.2, 0.25) is 5.02 Å². The zero-order valence-electron chi connectivity index (χ0n) is 12.3. The maximum absolute atomic E-state index is 6.27. The maximum atomic E-state index is 6.27. The highest BCUT2D eigenvalue weighted by Crippen LogP contribution is 2.32. The Hall–Kier alpha value is -1.26. The van der Waals surface area contributed by atoms with Gasteiger partial charge in [-0.05, 0) is 39.6 Å². The van der Waals surface area contributed by atoms with Gasteiger partial charge in [0.2, 0.25) is 0 Å². The number of benzene rings is 1. The molecule has 3 rings (SSSR count). The van der Waals surface area contributed by atoms with E-state index in [0.29, 0.717) is 6.04 Å². The number of aromatic nitrogens is 2. The minimum atomic E-state index is 0.616. The topological polar surface area (TPSA) is 24.3 Å². The second-order valence-electron chi connectivity index (χ2n) is 5.69. The highest BCUT2D eigenvalue weighted by Gasteiger charge is 2.25. The molecule has 1 aromatic carbocycles. The molecule has 0 N–H and O–H groups in total. The molecule has 0 unspecified atom stereocenters. The molecule has 0 bridgehead atoms. The average Bonchev–Trinajstić information content (AvgIpc) is 3.03. The second-order valence-corrected chi connectivity index (χ2v) is 6.13. The first-order chi connectivity index (χ1) is 9.58. The summed E-state index contributed by atoms with van der Waals surface area (Å²) < 4.78 is 1.98. The van der Waals surface area contributed by atoms with Gasteiger partial charge in [0.05, 0.1) is 5.52 Å². The van der Waals surface area contributed by atoms with Crippen molar-refractivity contribution in [2.45, 2.75) is 25.9 Å². The lowest BCUT2D eigenvalue weighted by atomic mass is 10.2. The number of rotatable bonds is 3. The molecule has 0 aliphatic carbocycles. The number of nitrogens with zero attached hydrogens (tertiary/aromatic N) is 4. The fraction of sp³-hybridized carbons (Fsp3) is 0.533. The van der Waals surface area contributed by atoms with E-state index in [2.05, 4.69) is 48.2 Å². The molecule has 2 aromatic rings. The molecule has 1 aromatic heterocycles. The number of likely N-dealkylation sites (N-methyl/N-ethyl adjacent to an activating group) is 1. The van der Waals surface area contributed by atoms with Crippen molar-refractivity contribution in [2.24, 2.45) is 0 Å². The molecule has 108 valence electrons. The molecule has 20 heavy (non-hydrogen) atoms. The predicted molar refractivity (Wildman–Crippen MR) is 84.7 cm³/mol. The Labute approximate surface area is 124 Å². The quantitative estimate of drug-likeness (QED) is 0.869. The fourth-order valence-corrected chi connectivity index (χ4v) is 3.13. The number of anilines is 1. The van der Waals surface area contributed by atoms with E-state index in [-0.39, 0.29) is 0 Å². The summed E-state index contributed by atoms with van der Waals surface area (Å²) in [7, 11) is 4.30. The van der Waals surface area contributed by atoms with Crippen molar-refractivity contribution in [1.82, 2.24) is 14.7 Å². The van der Waals surface area contributed by atoms with Crippen LogP contribution < -0.4 is 4.90 Å². The van der Waals surface area contributed by atoms with Crippen LogP contribution in [0.4, 0.5) is 5.69 Å². The minimum Gasteiger partial charge on any atom is -0.369 e. The molecule has 1 aliphatic rings. The summed E-state index contributed by atoms with van der Waals surface area (Å²) in [6.45, 7) is 5.12. The van der Waals surface area contributed by atoms with Gasteiger partial charge in [-0.25, -0.2) is 0 Å². The molecule has 0 amide bonds. The van der Waals surface area contributed by atoms with Crippen LogP contribution in [0.5, 0.6) is 0 Å². The van der Waals surface area contributed by atoms with Gasteiger partial charge in [0.1, 0.15) is 0 Å². The van der Waals surface area contributed by atoms with E-state index < -0.39 is 0 Å². The molecular formula is C15H21ClN4. The van der Waals surface area contributed by atoms with E-state index in [1.807, 2.05) is 10.7 Å². The van der Waals surface area contributed by atoms with Gasteiger partial charge in [-0.2, -0.15) is 5.10 Å². The lowest BCUT2D eigenvalue weighted by Crippen LogP contribution is -2.31. The highest BCUT2D eigenvalue weighted by atomic mass is 35.5. The number of fused-ring (bicyclic) bond motifs is 1. The Bertz CT molecular complexity index is 620. The first-order valence-electron chi connectivity index (χ1n) is 7.16. The number of aryl methyl sites for hydroxylation is 1. The lowest BCUT2D eigenvalue weighted by Gasteiger charge is -2.22. The van der Waals surface area contributed by atoms with Crippen LogP contribution in [0.3, 0.4) is 0 Å². The lowest BCUT2D eigenvalue weighted by molar-refractivity contribution is 0.315. The molecule has 2 heterocycles. The molecule has 1 fully saturated rings. The Morgan fingerprint density at radius 3 is 2.85 bits per heavy atom. The zero-order valence-corrected chi connectivity index (χ0v) is 13.1. The van der Waals surface area contributed by atoms with Crippen molar-refractivity contribution >= 4 is 28.2 Å². The third-order valence-electron chi connectivity index (χ3n) is 4.17. The van der Waals surface area contributed by atoms with Crippen LogP contribution in [0.1, 0.15) is 13.3 Å². The molecule has 5 heteroatoms. The number of hydrogen-bond donors (Lipinski definition) is 0. The van der Waals surface area contributed by atoms with Gasteiger partial charge in [-0.1, -0.05) is 11.6 Å². The van der Waals surface area contributed by atoms with Crippen LogP contribution in [0.15, 0.2) is 18.3 Å². The Kier molecular flexibility index (Phi) is 3.61. The van der Waals surface area contributed by atoms with Crippen LogP contribution >= 0.6 is 11.6 Å². The van der Waals surface area contributed by atoms with Crippen molar-refractivity contribution in [1.29, 1.82) is 0 Å². The van der Waals surface area contributed by atoms with E-state index in [9.17, 15) is 0 Å². The van der Waals surface area contributed by atoms with Crippen molar-refractivity contribution < 1.29 is 0 Å². The highest BCUT2D eigenvalue weighted by molar-refractivity contribution is 6.31. The summed E-state index contributed by atoms with van der Waals surface area (Å²) in [4.78, 5) is 4.73. The maximum Gasteiger partial charge on any atom is 0.0959 e. The molecule has 1 aliphatic heterocycles. The summed E-state index contributed by atoms with van der Waals surface area (Å²) in [5, 5.41) is 6.54. The number of hydrogen-bond acceptors (Lipinski definition) is 3.